The average molecular weight is 261 g/mol. The first-order chi connectivity index (χ1) is 9.35. The first kappa shape index (κ1) is 14.4. The van der Waals surface area contributed by atoms with Crippen LogP contribution in [0.25, 0.3) is 0 Å². The van der Waals surface area contributed by atoms with Gasteiger partial charge in [0.25, 0.3) is 0 Å². The lowest BCUT2D eigenvalue weighted by Gasteiger charge is -2.19. The number of hydrogen-bond acceptors (Lipinski definition) is 2. The van der Waals surface area contributed by atoms with Gasteiger partial charge in [0, 0.05) is 17.5 Å². The highest BCUT2D eigenvalue weighted by Gasteiger charge is 2.24. The molecule has 2 rings (SSSR count). The molecule has 2 heteroatoms. The number of benzene rings is 1. The highest BCUT2D eigenvalue weighted by atomic mass is 16.5. The molecule has 0 radical (unpaired) electrons. The van der Waals surface area contributed by atoms with E-state index in [4.69, 9.17) is 4.74 Å². The molecular formula is C17H27NO. The zero-order valence-electron chi connectivity index (χ0n) is 12.3. The molecule has 0 bridgehead atoms. The molecule has 0 saturated carbocycles. The van der Waals surface area contributed by atoms with E-state index in [2.05, 4.69) is 43.4 Å². The van der Waals surface area contributed by atoms with Gasteiger partial charge in [-0.1, -0.05) is 38.5 Å². The Hall–Kier alpha value is -1.02. The summed E-state index contributed by atoms with van der Waals surface area (Å²) in [4.78, 5) is 0. The Morgan fingerprint density at radius 1 is 1.21 bits per heavy atom. The molecule has 0 saturated heterocycles. The molecule has 2 unspecified atom stereocenters. The Labute approximate surface area is 117 Å². The molecule has 1 aliphatic rings. The summed E-state index contributed by atoms with van der Waals surface area (Å²) in [5.74, 6) is 1.69. The van der Waals surface area contributed by atoms with Gasteiger partial charge in [0.15, 0.2) is 0 Å². The van der Waals surface area contributed by atoms with Gasteiger partial charge in [0.1, 0.15) is 5.75 Å². The second kappa shape index (κ2) is 7.54. The van der Waals surface area contributed by atoms with Crippen molar-refractivity contribution in [3.63, 3.8) is 0 Å². The molecule has 2 nitrogen and oxygen atoms in total. The van der Waals surface area contributed by atoms with E-state index in [9.17, 15) is 0 Å². The van der Waals surface area contributed by atoms with E-state index in [0.717, 1.165) is 18.9 Å². The molecule has 0 spiro atoms. The van der Waals surface area contributed by atoms with Gasteiger partial charge >= 0.3 is 0 Å². The minimum atomic E-state index is 0.596. The van der Waals surface area contributed by atoms with Gasteiger partial charge in [-0.2, -0.15) is 0 Å². The quantitative estimate of drug-likeness (QED) is 0.760. The average Bonchev–Trinajstić information content (AvgIpc) is 2.85. The molecule has 1 heterocycles. The Morgan fingerprint density at radius 3 is 2.84 bits per heavy atom. The Bertz CT molecular complexity index is 377. The van der Waals surface area contributed by atoms with Crippen molar-refractivity contribution in [2.75, 3.05) is 13.2 Å². The molecule has 0 aromatic heterocycles. The Kier molecular flexibility index (Phi) is 5.71. The zero-order chi connectivity index (χ0) is 13.5. The lowest BCUT2D eigenvalue weighted by molar-refractivity contribution is 0.314. The van der Waals surface area contributed by atoms with Crippen LogP contribution in [0.3, 0.4) is 0 Å². The van der Waals surface area contributed by atoms with Crippen molar-refractivity contribution in [3.05, 3.63) is 29.8 Å². The zero-order valence-corrected chi connectivity index (χ0v) is 12.3. The Morgan fingerprint density at radius 2 is 2.05 bits per heavy atom. The fourth-order valence-corrected chi connectivity index (χ4v) is 2.92. The van der Waals surface area contributed by atoms with E-state index < -0.39 is 0 Å². The van der Waals surface area contributed by atoms with Crippen molar-refractivity contribution in [1.29, 1.82) is 0 Å². The predicted octanol–water partition coefficient (Wildman–Crippen LogP) is 4.11. The van der Waals surface area contributed by atoms with E-state index in [1.54, 1.807) is 0 Å². The van der Waals surface area contributed by atoms with Crippen LogP contribution in [0.2, 0.25) is 0 Å². The van der Waals surface area contributed by atoms with Crippen LogP contribution < -0.4 is 10.1 Å². The van der Waals surface area contributed by atoms with Crippen molar-refractivity contribution in [1.82, 2.24) is 5.32 Å². The molecular weight excluding hydrogens is 234 g/mol. The van der Waals surface area contributed by atoms with Crippen LogP contribution in [0.4, 0.5) is 0 Å². The van der Waals surface area contributed by atoms with Gasteiger partial charge in [-0.15, -0.1) is 0 Å². The summed E-state index contributed by atoms with van der Waals surface area (Å²) < 4.78 is 5.76. The first-order valence-electron chi connectivity index (χ1n) is 7.80. The number of rotatable bonds is 8. The van der Waals surface area contributed by atoms with Crippen molar-refractivity contribution >= 4 is 0 Å². The van der Waals surface area contributed by atoms with Crippen molar-refractivity contribution < 1.29 is 4.74 Å². The molecule has 19 heavy (non-hydrogen) atoms. The third kappa shape index (κ3) is 3.97. The van der Waals surface area contributed by atoms with Crippen LogP contribution in [0, 0.1) is 0 Å². The monoisotopic (exact) mass is 261 g/mol. The maximum Gasteiger partial charge on any atom is 0.122 e. The number of para-hydroxylation sites is 1. The van der Waals surface area contributed by atoms with Crippen LogP contribution in [0.15, 0.2) is 24.3 Å². The summed E-state index contributed by atoms with van der Waals surface area (Å²) in [6.07, 6.45) is 6.26. The van der Waals surface area contributed by atoms with Gasteiger partial charge in [-0.3, -0.25) is 0 Å². The predicted molar refractivity (Wildman–Crippen MR) is 80.9 cm³/mol. The van der Waals surface area contributed by atoms with Crippen LogP contribution in [0.1, 0.15) is 57.4 Å². The maximum absolute atomic E-state index is 5.76. The molecule has 2 atom stereocenters. The summed E-state index contributed by atoms with van der Waals surface area (Å²) >= 11 is 0. The summed E-state index contributed by atoms with van der Waals surface area (Å²) in [6, 6.07) is 9.18. The van der Waals surface area contributed by atoms with E-state index in [-0.39, 0.29) is 0 Å². The minimum absolute atomic E-state index is 0.596. The van der Waals surface area contributed by atoms with Crippen LogP contribution >= 0.6 is 0 Å². The third-order valence-electron chi connectivity index (χ3n) is 3.98. The van der Waals surface area contributed by atoms with E-state index >= 15 is 0 Å². The van der Waals surface area contributed by atoms with Gasteiger partial charge in [-0.25, -0.2) is 0 Å². The van der Waals surface area contributed by atoms with Crippen molar-refractivity contribution in [2.24, 2.45) is 0 Å². The van der Waals surface area contributed by atoms with Gasteiger partial charge in [-0.05, 0) is 38.3 Å². The standard InChI is InChI=1S/C17H27NO/c1-3-7-15(18-12-4-2)11-10-14-13-19-17-9-6-5-8-16(14)17/h5-6,8-9,14-15,18H,3-4,7,10-13H2,1-2H3. The molecule has 0 fully saturated rings. The molecule has 1 N–H and O–H groups in total. The second-order valence-electron chi connectivity index (χ2n) is 5.56. The molecule has 0 amide bonds. The van der Waals surface area contributed by atoms with E-state index in [0.29, 0.717) is 12.0 Å². The molecule has 0 aliphatic carbocycles. The van der Waals surface area contributed by atoms with Gasteiger partial charge in [0.2, 0.25) is 0 Å². The molecule has 106 valence electrons. The minimum Gasteiger partial charge on any atom is -0.493 e. The van der Waals surface area contributed by atoms with Gasteiger partial charge < -0.3 is 10.1 Å². The molecule has 1 aromatic carbocycles. The maximum atomic E-state index is 5.76. The number of hydrogen-bond donors (Lipinski definition) is 1. The molecule has 1 aromatic rings. The smallest absolute Gasteiger partial charge is 0.122 e. The third-order valence-corrected chi connectivity index (χ3v) is 3.98. The topological polar surface area (TPSA) is 21.3 Å². The molecule has 1 aliphatic heterocycles. The lowest BCUT2D eigenvalue weighted by Crippen LogP contribution is -2.30. The van der Waals surface area contributed by atoms with Crippen LogP contribution in [-0.4, -0.2) is 19.2 Å². The largest absolute Gasteiger partial charge is 0.493 e. The van der Waals surface area contributed by atoms with Crippen molar-refractivity contribution in [3.8, 4) is 5.75 Å². The summed E-state index contributed by atoms with van der Waals surface area (Å²) in [5.41, 5.74) is 1.41. The lowest BCUT2D eigenvalue weighted by atomic mass is 9.93. The second-order valence-corrected chi connectivity index (χ2v) is 5.56. The summed E-state index contributed by atoms with van der Waals surface area (Å²) in [5, 5.41) is 3.68. The highest BCUT2D eigenvalue weighted by molar-refractivity contribution is 5.39. The highest BCUT2D eigenvalue weighted by Crippen LogP contribution is 2.36. The number of fused-ring (bicyclic) bond motifs is 1. The van der Waals surface area contributed by atoms with Gasteiger partial charge in [0.05, 0.1) is 6.61 Å². The van der Waals surface area contributed by atoms with E-state index in [1.165, 1.54) is 37.7 Å². The summed E-state index contributed by atoms with van der Waals surface area (Å²) in [6.45, 7) is 6.51. The first-order valence-corrected chi connectivity index (χ1v) is 7.80. The normalized spacial score (nSPS) is 18.9. The summed E-state index contributed by atoms with van der Waals surface area (Å²) in [7, 11) is 0. The number of ether oxygens (including phenoxy) is 1. The van der Waals surface area contributed by atoms with Crippen molar-refractivity contribution in [2.45, 2.75) is 57.9 Å². The fourth-order valence-electron chi connectivity index (χ4n) is 2.92. The number of nitrogens with one attached hydrogen (secondary N) is 1. The fraction of sp³-hybridized carbons (Fsp3) is 0.647. The van der Waals surface area contributed by atoms with Crippen LogP contribution in [0.5, 0.6) is 5.75 Å². The van der Waals surface area contributed by atoms with E-state index in [1.807, 2.05) is 0 Å². The van der Waals surface area contributed by atoms with Crippen LogP contribution in [-0.2, 0) is 0 Å². The Balaban J connectivity index is 1.84. The SMILES string of the molecule is CCCNC(CCC)CCC1COc2ccccc21.